The first-order valence-corrected chi connectivity index (χ1v) is 6.97. The van der Waals surface area contributed by atoms with Gasteiger partial charge in [0, 0.05) is 23.5 Å². The Kier molecular flexibility index (Phi) is 3.94. The molecule has 102 valence electrons. The number of carbonyl (C=O) groups excluding carboxylic acids is 1. The van der Waals surface area contributed by atoms with E-state index in [1.165, 1.54) is 0 Å². The highest BCUT2D eigenvalue weighted by atomic mass is 79.9. The number of benzene rings is 1. The minimum Gasteiger partial charge on any atom is -0.481 e. The van der Waals surface area contributed by atoms with Crippen molar-refractivity contribution in [2.45, 2.75) is 13.8 Å². The number of aryl methyl sites for hydroxylation is 1. The molecular formula is C14H16BrNO3. The molecule has 1 amide bonds. The van der Waals surface area contributed by atoms with Gasteiger partial charge in [-0.05, 0) is 35.0 Å². The van der Waals surface area contributed by atoms with Gasteiger partial charge >= 0.3 is 5.97 Å². The van der Waals surface area contributed by atoms with Crippen LogP contribution in [-0.2, 0) is 4.79 Å². The summed E-state index contributed by atoms with van der Waals surface area (Å²) in [4.78, 5) is 24.9. The fraction of sp³-hybridized carbons (Fsp3) is 0.429. The molecule has 2 rings (SSSR count). The van der Waals surface area contributed by atoms with E-state index in [1.54, 1.807) is 11.8 Å². The molecule has 5 heteroatoms. The van der Waals surface area contributed by atoms with E-state index in [1.807, 2.05) is 25.1 Å². The molecule has 1 aromatic carbocycles. The van der Waals surface area contributed by atoms with Crippen molar-refractivity contribution in [3.63, 3.8) is 0 Å². The summed E-state index contributed by atoms with van der Waals surface area (Å²) >= 11 is 3.38. The van der Waals surface area contributed by atoms with Crippen molar-refractivity contribution in [1.29, 1.82) is 0 Å². The van der Waals surface area contributed by atoms with Crippen molar-refractivity contribution in [2.75, 3.05) is 13.1 Å². The summed E-state index contributed by atoms with van der Waals surface area (Å²) in [5.74, 6) is -1.17. The monoisotopic (exact) mass is 325 g/mol. The molecule has 1 heterocycles. The number of carbonyl (C=O) groups is 2. The third kappa shape index (κ3) is 2.81. The van der Waals surface area contributed by atoms with Gasteiger partial charge in [-0.2, -0.15) is 0 Å². The molecule has 0 aromatic heterocycles. The Bertz CT molecular complexity index is 523. The van der Waals surface area contributed by atoms with Gasteiger partial charge in [-0.3, -0.25) is 9.59 Å². The van der Waals surface area contributed by atoms with Crippen LogP contribution in [0, 0.1) is 18.8 Å². The van der Waals surface area contributed by atoms with E-state index in [0.717, 1.165) is 10.0 Å². The summed E-state index contributed by atoms with van der Waals surface area (Å²) in [5.41, 5.74) is 1.67. The highest BCUT2D eigenvalue weighted by molar-refractivity contribution is 9.10. The number of amides is 1. The van der Waals surface area contributed by atoms with Gasteiger partial charge in [0.2, 0.25) is 0 Å². The fourth-order valence-electron chi connectivity index (χ4n) is 2.17. The van der Waals surface area contributed by atoms with Crippen LogP contribution in [0.5, 0.6) is 0 Å². The van der Waals surface area contributed by atoms with Crippen LogP contribution in [0.15, 0.2) is 22.7 Å². The number of nitrogens with zero attached hydrogens (tertiary/aromatic N) is 1. The normalized spacial score (nSPS) is 16.9. The largest absolute Gasteiger partial charge is 0.481 e. The number of rotatable bonds is 3. The van der Waals surface area contributed by atoms with E-state index >= 15 is 0 Å². The lowest BCUT2D eigenvalue weighted by Crippen LogP contribution is -2.53. The maximum absolute atomic E-state index is 12.3. The summed E-state index contributed by atoms with van der Waals surface area (Å²) in [7, 11) is 0. The quantitative estimate of drug-likeness (QED) is 0.929. The molecule has 0 bridgehead atoms. The first-order chi connectivity index (χ1) is 8.90. The number of hydrogen-bond acceptors (Lipinski definition) is 2. The molecule has 1 aliphatic rings. The van der Waals surface area contributed by atoms with E-state index in [4.69, 9.17) is 5.11 Å². The Morgan fingerprint density at radius 2 is 2.05 bits per heavy atom. The molecule has 1 fully saturated rings. The second-order valence-corrected chi connectivity index (χ2v) is 5.93. The Morgan fingerprint density at radius 3 is 2.63 bits per heavy atom. The number of likely N-dealkylation sites (tertiary alicyclic amines) is 1. The summed E-state index contributed by atoms with van der Waals surface area (Å²) in [5, 5.41) is 8.93. The van der Waals surface area contributed by atoms with E-state index in [9.17, 15) is 9.59 Å². The van der Waals surface area contributed by atoms with E-state index in [2.05, 4.69) is 15.9 Å². The predicted octanol–water partition coefficient (Wildman–Crippen LogP) is 2.55. The molecule has 1 aromatic rings. The first kappa shape index (κ1) is 14.1. The number of aliphatic carboxylic acids is 1. The van der Waals surface area contributed by atoms with Gasteiger partial charge in [0.1, 0.15) is 0 Å². The zero-order valence-corrected chi connectivity index (χ0v) is 12.5. The minimum atomic E-state index is -0.797. The highest BCUT2D eigenvalue weighted by Crippen LogP contribution is 2.28. The lowest BCUT2D eigenvalue weighted by atomic mass is 9.86. The van der Waals surface area contributed by atoms with Crippen LogP contribution in [0.2, 0.25) is 0 Å². The number of halogens is 1. The van der Waals surface area contributed by atoms with Crippen molar-refractivity contribution in [3.8, 4) is 0 Å². The van der Waals surface area contributed by atoms with Crippen molar-refractivity contribution >= 4 is 27.8 Å². The predicted molar refractivity (Wildman–Crippen MR) is 75.1 cm³/mol. The van der Waals surface area contributed by atoms with Gasteiger partial charge in [-0.15, -0.1) is 0 Å². The van der Waals surface area contributed by atoms with Gasteiger partial charge in [0.05, 0.1) is 11.5 Å². The third-order valence-electron chi connectivity index (χ3n) is 3.65. The van der Waals surface area contributed by atoms with Crippen molar-refractivity contribution in [1.82, 2.24) is 4.90 Å². The molecule has 0 radical (unpaired) electrons. The lowest BCUT2D eigenvalue weighted by molar-refractivity contribution is -0.144. The molecular weight excluding hydrogens is 310 g/mol. The Morgan fingerprint density at radius 1 is 1.42 bits per heavy atom. The van der Waals surface area contributed by atoms with E-state index < -0.39 is 11.9 Å². The van der Waals surface area contributed by atoms with Crippen LogP contribution in [0.4, 0.5) is 0 Å². The third-order valence-corrected chi connectivity index (χ3v) is 4.34. The van der Waals surface area contributed by atoms with Gasteiger partial charge in [0.25, 0.3) is 5.91 Å². The van der Waals surface area contributed by atoms with Gasteiger partial charge in [-0.1, -0.05) is 18.6 Å². The van der Waals surface area contributed by atoms with Crippen LogP contribution >= 0.6 is 15.9 Å². The lowest BCUT2D eigenvalue weighted by Gasteiger charge is -2.41. The standard InChI is InChI=1S/C14H16BrNO3/c1-8-3-4-12(15)11(5-8)13(17)16-6-10(7-16)9(2)14(18)19/h3-5,9-10H,6-7H2,1-2H3,(H,18,19). The number of carboxylic acids is 1. The van der Waals surface area contributed by atoms with Crippen LogP contribution in [0.3, 0.4) is 0 Å². The summed E-state index contributed by atoms with van der Waals surface area (Å²) in [6, 6.07) is 5.65. The van der Waals surface area contributed by atoms with Gasteiger partial charge in [-0.25, -0.2) is 0 Å². The van der Waals surface area contributed by atoms with Crippen LogP contribution < -0.4 is 0 Å². The maximum atomic E-state index is 12.3. The highest BCUT2D eigenvalue weighted by Gasteiger charge is 2.37. The second-order valence-electron chi connectivity index (χ2n) is 5.08. The SMILES string of the molecule is Cc1ccc(Br)c(C(=O)N2CC(C(C)C(=O)O)C2)c1. The zero-order chi connectivity index (χ0) is 14.2. The average molecular weight is 326 g/mol. The zero-order valence-electron chi connectivity index (χ0n) is 10.9. The van der Waals surface area contributed by atoms with Crippen LogP contribution in [-0.4, -0.2) is 35.0 Å². The van der Waals surface area contributed by atoms with Crippen molar-refractivity contribution in [2.24, 2.45) is 11.8 Å². The average Bonchev–Trinajstić information content (AvgIpc) is 2.29. The molecule has 19 heavy (non-hydrogen) atoms. The summed E-state index contributed by atoms with van der Waals surface area (Å²) in [6.07, 6.45) is 0. The van der Waals surface area contributed by atoms with Crippen LogP contribution in [0.25, 0.3) is 0 Å². The summed E-state index contributed by atoms with van der Waals surface area (Å²) in [6.45, 7) is 4.67. The van der Waals surface area contributed by atoms with Gasteiger partial charge < -0.3 is 10.0 Å². The van der Waals surface area contributed by atoms with E-state index in [0.29, 0.717) is 18.7 Å². The molecule has 1 aliphatic heterocycles. The van der Waals surface area contributed by atoms with Crippen molar-refractivity contribution in [3.05, 3.63) is 33.8 Å². The second kappa shape index (κ2) is 5.33. The van der Waals surface area contributed by atoms with Crippen molar-refractivity contribution < 1.29 is 14.7 Å². The molecule has 0 saturated carbocycles. The topological polar surface area (TPSA) is 57.6 Å². The maximum Gasteiger partial charge on any atom is 0.306 e. The molecule has 1 atom stereocenters. The first-order valence-electron chi connectivity index (χ1n) is 6.18. The minimum absolute atomic E-state index is 0.0376. The molecule has 0 spiro atoms. The number of hydrogen-bond donors (Lipinski definition) is 1. The van der Waals surface area contributed by atoms with Crippen LogP contribution in [0.1, 0.15) is 22.8 Å². The fourth-order valence-corrected chi connectivity index (χ4v) is 2.59. The molecule has 0 aliphatic carbocycles. The van der Waals surface area contributed by atoms with E-state index in [-0.39, 0.29) is 11.8 Å². The molecule has 1 saturated heterocycles. The number of carboxylic acid groups (broad SMARTS) is 1. The molecule has 1 N–H and O–H groups in total. The molecule has 4 nitrogen and oxygen atoms in total. The smallest absolute Gasteiger partial charge is 0.306 e. The molecule has 1 unspecified atom stereocenters. The Balaban J connectivity index is 2.04. The van der Waals surface area contributed by atoms with Gasteiger partial charge in [0.15, 0.2) is 0 Å². The Hall–Kier alpha value is -1.36. The summed E-state index contributed by atoms with van der Waals surface area (Å²) < 4.78 is 0.776. The Labute approximate surface area is 120 Å².